The number of nitrogens with one attached hydrogen (secondary N) is 1. The van der Waals surface area contributed by atoms with Crippen LogP contribution in [0.2, 0.25) is 0 Å². The highest BCUT2D eigenvalue weighted by molar-refractivity contribution is 9.10. The Morgan fingerprint density at radius 3 is 2.62 bits per heavy atom. The van der Waals surface area contributed by atoms with E-state index in [-0.39, 0.29) is 0 Å². The third kappa shape index (κ3) is 2.79. The minimum absolute atomic E-state index is 0.609. The van der Waals surface area contributed by atoms with Gasteiger partial charge in [0.2, 0.25) is 5.95 Å². The number of rotatable bonds is 2. The Kier molecular flexibility index (Phi) is 3.19. The van der Waals surface area contributed by atoms with E-state index in [1.165, 1.54) is 5.56 Å². The van der Waals surface area contributed by atoms with Crippen LogP contribution in [0.1, 0.15) is 11.3 Å². The number of aromatic nitrogens is 2. The number of aryl methyl sites for hydroxylation is 2. The van der Waals surface area contributed by atoms with E-state index in [9.17, 15) is 0 Å². The summed E-state index contributed by atoms with van der Waals surface area (Å²) in [6.07, 6.45) is 0. The molecule has 0 spiro atoms. The minimum atomic E-state index is 0.609. The van der Waals surface area contributed by atoms with Crippen molar-refractivity contribution in [2.45, 2.75) is 13.8 Å². The second-order valence-corrected chi connectivity index (χ2v) is 4.46. The highest BCUT2D eigenvalue weighted by Gasteiger charge is 2.00. The lowest BCUT2D eigenvalue weighted by molar-refractivity contribution is 1.08. The molecule has 2 aromatic rings. The first-order chi connectivity index (χ1) is 7.63. The standard InChI is InChI=1S/C12H12BrN3/c1-8-4-3-5-10(6-8)15-12-14-9(2)7-11(13)16-12/h3-7H,1-2H3,(H,14,15,16). The van der Waals surface area contributed by atoms with E-state index in [0.717, 1.165) is 16.0 Å². The third-order valence-corrected chi connectivity index (χ3v) is 2.50. The van der Waals surface area contributed by atoms with E-state index in [1.54, 1.807) is 0 Å². The van der Waals surface area contributed by atoms with Crippen molar-refractivity contribution in [2.75, 3.05) is 5.32 Å². The summed E-state index contributed by atoms with van der Waals surface area (Å²) in [4.78, 5) is 8.56. The Bertz CT molecular complexity index is 491. The minimum Gasteiger partial charge on any atom is -0.324 e. The Morgan fingerprint density at radius 1 is 1.12 bits per heavy atom. The number of nitrogens with zero attached hydrogens (tertiary/aromatic N) is 2. The zero-order valence-electron chi connectivity index (χ0n) is 9.16. The van der Waals surface area contributed by atoms with E-state index in [1.807, 2.05) is 25.1 Å². The average molecular weight is 278 g/mol. The van der Waals surface area contributed by atoms with Crippen molar-refractivity contribution in [1.29, 1.82) is 0 Å². The summed E-state index contributed by atoms with van der Waals surface area (Å²) in [6.45, 7) is 3.99. The highest BCUT2D eigenvalue weighted by Crippen LogP contribution is 2.16. The van der Waals surface area contributed by atoms with E-state index in [0.29, 0.717) is 5.95 Å². The molecule has 0 atom stereocenters. The smallest absolute Gasteiger partial charge is 0.228 e. The molecule has 4 heteroatoms. The molecule has 1 N–H and O–H groups in total. The highest BCUT2D eigenvalue weighted by atomic mass is 79.9. The first-order valence-corrected chi connectivity index (χ1v) is 5.78. The van der Waals surface area contributed by atoms with Gasteiger partial charge < -0.3 is 5.32 Å². The van der Waals surface area contributed by atoms with Gasteiger partial charge in [0, 0.05) is 11.4 Å². The molecule has 0 saturated heterocycles. The Balaban J connectivity index is 2.27. The van der Waals surface area contributed by atoms with Crippen molar-refractivity contribution >= 4 is 27.6 Å². The van der Waals surface area contributed by atoms with Crippen molar-refractivity contribution in [3.8, 4) is 0 Å². The fourth-order valence-electron chi connectivity index (χ4n) is 1.44. The number of hydrogen-bond acceptors (Lipinski definition) is 3. The Labute approximate surface area is 103 Å². The van der Waals surface area contributed by atoms with Crippen molar-refractivity contribution < 1.29 is 0 Å². The van der Waals surface area contributed by atoms with Crippen LogP contribution in [0.5, 0.6) is 0 Å². The summed E-state index contributed by atoms with van der Waals surface area (Å²) >= 11 is 3.35. The lowest BCUT2D eigenvalue weighted by Crippen LogP contribution is -1.98. The quantitative estimate of drug-likeness (QED) is 0.853. The van der Waals surface area contributed by atoms with Gasteiger partial charge in [0.05, 0.1) is 0 Å². The summed E-state index contributed by atoms with van der Waals surface area (Å²) < 4.78 is 0.787. The molecule has 82 valence electrons. The average Bonchev–Trinajstić information content (AvgIpc) is 2.15. The Hall–Kier alpha value is -1.42. The fraction of sp³-hybridized carbons (Fsp3) is 0.167. The molecule has 1 heterocycles. The molecule has 1 aromatic carbocycles. The predicted molar refractivity (Wildman–Crippen MR) is 68.9 cm³/mol. The molecule has 0 saturated carbocycles. The van der Waals surface area contributed by atoms with Gasteiger partial charge in [-0.25, -0.2) is 9.97 Å². The van der Waals surface area contributed by atoms with Crippen LogP contribution in [-0.2, 0) is 0 Å². The van der Waals surface area contributed by atoms with Crippen molar-refractivity contribution in [3.63, 3.8) is 0 Å². The molecule has 0 aliphatic carbocycles. The summed E-state index contributed by atoms with van der Waals surface area (Å²) in [5, 5.41) is 3.17. The monoisotopic (exact) mass is 277 g/mol. The second-order valence-electron chi connectivity index (χ2n) is 3.65. The van der Waals surface area contributed by atoms with Gasteiger partial charge in [0.25, 0.3) is 0 Å². The summed E-state index contributed by atoms with van der Waals surface area (Å²) in [5.41, 5.74) is 3.13. The molecule has 0 fully saturated rings. The third-order valence-electron chi connectivity index (χ3n) is 2.10. The van der Waals surface area contributed by atoms with Crippen molar-refractivity contribution in [3.05, 3.63) is 46.2 Å². The van der Waals surface area contributed by atoms with Crippen LogP contribution in [0.15, 0.2) is 34.9 Å². The molecule has 2 rings (SSSR count). The molecule has 3 nitrogen and oxygen atoms in total. The zero-order valence-corrected chi connectivity index (χ0v) is 10.7. The maximum absolute atomic E-state index is 4.31. The molecule has 0 radical (unpaired) electrons. The van der Waals surface area contributed by atoms with Crippen LogP contribution in [-0.4, -0.2) is 9.97 Å². The van der Waals surface area contributed by atoms with Crippen LogP contribution in [0, 0.1) is 13.8 Å². The van der Waals surface area contributed by atoms with Crippen molar-refractivity contribution in [2.24, 2.45) is 0 Å². The molecular weight excluding hydrogens is 266 g/mol. The van der Waals surface area contributed by atoms with Gasteiger partial charge >= 0.3 is 0 Å². The SMILES string of the molecule is Cc1cccc(Nc2nc(C)cc(Br)n2)c1. The van der Waals surface area contributed by atoms with Gasteiger partial charge in [-0.05, 0) is 53.5 Å². The maximum Gasteiger partial charge on any atom is 0.228 e. The number of hydrogen-bond donors (Lipinski definition) is 1. The first kappa shape index (κ1) is 11.1. The molecule has 0 unspecified atom stereocenters. The zero-order chi connectivity index (χ0) is 11.5. The fourth-order valence-corrected chi connectivity index (χ4v) is 1.94. The molecule has 16 heavy (non-hydrogen) atoms. The molecule has 1 aromatic heterocycles. The lowest BCUT2D eigenvalue weighted by atomic mass is 10.2. The summed E-state index contributed by atoms with van der Waals surface area (Å²) in [6, 6.07) is 9.98. The number of anilines is 2. The molecule has 0 aliphatic rings. The maximum atomic E-state index is 4.31. The number of benzene rings is 1. The van der Waals surface area contributed by atoms with Crippen LogP contribution >= 0.6 is 15.9 Å². The number of halogens is 1. The van der Waals surface area contributed by atoms with E-state index < -0.39 is 0 Å². The van der Waals surface area contributed by atoms with E-state index in [4.69, 9.17) is 0 Å². The van der Waals surface area contributed by atoms with Crippen LogP contribution in [0.25, 0.3) is 0 Å². The predicted octanol–water partition coefficient (Wildman–Crippen LogP) is 3.60. The van der Waals surface area contributed by atoms with E-state index >= 15 is 0 Å². The normalized spacial score (nSPS) is 10.2. The van der Waals surface area contributed by atoms with Crippen LogP contribution in [0.3, 0.4) is 0 Å². The largest absolute Gasteiger partial charge is 0.324 e. The van der Waals surface area contributed by atoms with Gasteiger partial charge in [0.15, 0.2) is 0 Å². The molecule has 0 aliphatic heterocycles. The molecule has 0 bridgehead atoms. The molecule has 0 amide bonds. The van der Waals surface area contributed by atoms with E-state index in [2.05, 4.69) is 50.3 Å². The van der Waals surface area contributed by atoms with Gasteiger partial charge in [-0.15, -0.1) is 0 Å². The summed E-state index contributed by atoms with van der Waals surface area (Å²) in [5.74, 6) is 0.609. The van der Waals surface area contributed by atoms with Gasteiger partial charge in [-0.2, -0.15) is 0 Å². The second kappa shape index (κ2) is 4.61. The van der Waals surface area contributed by atoms with Crippen molar-refractivity contribution in [1.82, 2.24) is 9.97 Å². The first-order valence-electron chi connectivity index (χ1n) is 4.98. The van der Waals surface area contributed by atoms with Gasteiger partial charge in [0.1, 0.15) is 4.60 Å². The van der Waals surface area contributed by atoms with Gasteiger partial charge in [-0.1, -0.05) is 12.1 Å². The lowest BCUT2D eigenvalue weighted by Gasteiger charge is -2.06. The van der Waals surface area contributed by atoms with Crippen LogP contribution in [0.4, 0.5) is 11.6 Å². The van der Waals surface area contributed by atoms with Crippen LogP contribution < -0.4 is 5.32 Å². The summed E-state index contributed by atoms with van der Waals surface area (Å²) in [7, 11) is 0. The van der Waals surface area contributed by atoms with Gasteiger partial charge in [-0.3, -0.25) is 0 Å². The molecular formula is C12H12BrN3. The Morgan fingerprint density at radius 2 is 1.94 bits per heavy atom. The topological polar surface area (TPSA) is 37.8 Å².